The zero-order chi connectivity index (χ0) is 14.5. The molecule has 1 heterocycles. The van der Waals surface area contributed by atoms with Gasteiger partial charge in [-0.25, -0.2) is 4.98 Å². The van der Waals surface area contributed by atoms with Crippen LogP contribution in [0, 0.1) is 0 Å². The third kappa shape index (κ3) is 3.24. The van der Waals surface area contributed by atoms with E-state index in [0.29, 0.717) is 6.61 Å². The smallest absolute Gasteiger partial charge is 0.202 e. The highest BCUT2D eigenvalue weighted by Crippen LogP contribution is 2.41. The fourth-order valence-corrected chi connectivity index (χ4v) is 3.74. The molecule has 4 nitrogen and oxygen atoms in total. The first-order valence-corrected chi connectivity index (χ1v) is 8.21. The zero-order valence-corrected chi connectivity index (χ0v) is 13.2. The topological polar surface area (TPSA) is 47.0 Å². The maximum absolute atomic E-state index is 5.06. The number of nitrogens with one attached hydrogen (secondary N) is 1. The molecule has 1 aromatic carbocycles. The van der Waals surface area contributed by atoms with Crippen molar-refractivity contribution >= 4 is 16.7 Å². The molecule has 0 atom stereocenters. The maximum Gasteiger partial charge on any atom is 0.202 e. The summed E-state index contributed by atoms with van der Waals surface area (Å²) in [6.07, 6.45) is 5.10. The van der Waals surface area contributed by atoms with Crippen LogP contribution in [0.4, 0.5) is 5.13 Å². The number of anilines is 1. The Labute approximate surface area is 129 Å². The Hall–Kier alpha value is -1.46. The van der Waals surface area contributed by atoms with Crippen LogP contribution in [-0.4, -0.2) is 23.0 Å². The Morgan fingerprint density at radius 3 is 2.71 bits per heavy atom. The number of benzene rings is 1. The van der Waals surface area contributed by atoms with Gasteiger partial charge in [-0.2, -0.15) is 4.37 Å². The number of ether oxygens (including phenoxy) is 1. The molecule has 1 aromatic heterocycles. The average molecular weight is 303 g/mol. The van der Waals surface area contributed by atoms with Crippen molar-refractivity contribution in [2.24, 2.45) is 0 Å². The average Bonchev–Trinajstić information content (AvgIpc) is 3.17. The summed E-state index contributed by atoms with van der Waals surface area (Å²) >= 11 is 1.41. The maximum atomic E-state index is 5.06. The third-order valence-corrected chi connectivity index (χ3v) is 4.98. The fraction of sp³-hybridized carbons (Fsp3) is 0.500. The first-order valence-electron chi connectivity index (χ1n) is 7.43. The van der Waals surface area contributed by atoms with Crippen LogP contribution < -0.4 is 5.32 Å². The highest BCUT2D eigenvalue weighted by Gasteiger charge is 2.35. The van der Waals surface area contributed by atoms with Gasteiger partial charge in [0.25, 0.3) is 0 Å². The van der Waals surface area contributed by atoms with Gasteiger partial charge in [0, 0.05) is 30.6 Å². The molecule has 1 aliphatic rings. The lowest BCUT2D eigenvalue weighted by molar-refractivity contribution is 0.179. The summed E-state index contributed by atoms with van der Waals surface area (Å²) in [5.41, 5.74) is 1.69. The number of rotatable bonds is 6. The van der Waals surface area contributed by atoms with Gasteiger partial charge in [0.1, 0.15) is 6.61 Å². The monoisotopic (exact) mass is 303 g/mol. The molecular formula is C16H21N3OS. The van der Waals surface area contributed by atoms with Gasteiger partial charge in [-0.15, -0.1) is 0 Å². The van der Waals surface area contributed by atoms with Crippen LogP contribution in [0.1, 0.15) is 37.1 Å². The molecule has 0 aliphatic heterocycles. The first-order chi connectivity index (χ1) is 10.3. The van der Waals surface area contributed by atoms with Gasteiger partial charge in [0.2, 0.25) is 5.13 Å². The standard InChI is InChI=1S/C16H21N3OS/c1-20-11-14-18-15(21-19-14)17-12-16(9-5-6-10-16)13-7-3-2-4-8-13/h2-4,7-8H,5-6,9-12H2,1H3,(H,17,18,19). The number of hydrogen-bond donors (Lipinski definition) is 1. The highest BCUT2D eigenvalue weighted by atomic mass is 32.1. The fourth-order valence-electron chi connectivity index (χ4n) is 3.17. The van der Waals surface area contributed by atoms with E-state index in [0.717, 1.165) is 17.5 Å². The van der Waals surface area contributed by atoms with Crippen molar-refractivity contribution in [3.63, 3.8) is 0 Å². The summed E-state index contributed by atoms with van der Waals surface area (Å²) in [4.78, 5) is 4.46. The van der Waals surface area contributed by atoms with E-state index in [9.17, 15) is 0 Å². The Balaban J connectivity index is 1.71. The van der Waals surface area contributed by atoms with E-state index in [2.05, 4.69) is 45.0 Å². The van der Waals surface area contributed by atoms with Crippen LogP contribution in [0.25, 0.3) is 0 Å². The minimum Gasteiger partial charge on any atom is -0.377 e. The molecule has 1 N–H and O–H groups in total. The lowest BCUT2D eigenvalue weighted by atomic mass is 9.79. The second-order valence-electron chi connectivity index (χ2n) is 5.66. The summed E-state index contributed by atoms with van der Waals surface area (Å²) in [5, 5.41) is 4.39. The van der Waals surface area contributed by atoms with Crippen LogP contribution in [0.15, 0.2) is 30.3 Å². The van der Waals surface area contributed by atoms with E-state index in [1.54, 1.807) is 7.11 Å². The van der Waals surface area contributed by atoms with Crippen LogP contribution >= 0.6 is 11.5 Å². The molecule has 3 rings (SSSR count). The zero-order valence-electron chi connectivity index (χ0n) is 12.3. The number of hydrogen-bond acceptors (Lipinski definition) is 5. The molecule has 1 aliphatic carbocycles. The summed E-state index contributed by atoms with van der Waals surface area (Å²) in [7, 11) is 1.66. The van der Waals surface area contributed by atoms with E-state index >= 15 is 0 Å². The molecule has 1 fully saturated rings. The van der Waals surface area contributed by atoms with Crippen molar-refractivity contribution in [2.45, 2.75) is 37.7 Å². The van der Waals surface area contributed by atoms with Crippen molar-refractivity contribution in [3.8, 4) is 0 Å². The Bertz CT molecular complexity index is 564. The molecule has 0 unspecified atom stereocenters. The van der Waals surface area contributed by atoms with Gasteiger partial charge in [-0.1, -0.05) is 43.2 Å². The normalized spacial score (nSPS) is 17.0. The minimum absolute atomic E-state index is 0.244. The first kappa shape index (κ1) is 14.5. The number of methoxy groups -OCH3 is 1. The van der Waals surface area contributed by atoms with Crippen molar-refractivity contribution in [3.05, 3.63) is 41.7 Å². The minimum atomic E-state index is 0.244. The number of nitrogens with zero attached hydrogens (tertiary/aromatic N) is 2. The predicted octanol–water partition coefficient (Wildman–Crippen LogP) is 3.61. The number of aromatic nitrogens is 2. The molecule has 0 radical (unpaired) electrons. The molecule has 0 spiro atoms. The van der Waals surface area contributed by atoms with Crippen molar-refractivity contribution < 1.29 is 4.74 Å². The third-order valence-electron chi connectivity index (χ3n) is 4.27. The highest BCUT2D eigenvalue weighted by molar-refractivity contribution is 7.09. The van der Waals surface area contributed by atoms with Crippen LogP contribution in [0.3, 0.4) is 0 Å². The molecule has 0 bridgehead atoms. The molecule has 21 heavy (non-hydrogen) atoms. The molecule has 0 saturated heterocycles. The van der Waals surface area contributed by atoms with Gasteiger partial charge >= 0.3 is 0 Å². The van der Waals surface area contributed by atoms with E-state index < -0.39 is 0 Å². The molecular weight excluding hydrogens is 282 g/mol. The molecule has 1 saturated carbocycles. The van der Waals surface area contributed by atoms with Crippen LogP contribution in [-0.2, 0) is 16.8 Å². The predicted molar refractivity (Wildman–Crippen MR) is 85.7 cm³/mol. The van der Waals surface area contributed by atoms with E-state index in [-0.39, 0.29) is 5.41 Å². The summed E-state index contributed by atoms with van der Waals surface area (Å²) in [5.74, 6) is 0.755. The van der Waals surface area contributed by atoms with Crippen LogP contribution in [0.2, 0.25) is 0 Å². The Kier molecular flexibility index (Phi) is 4.51. The van der Waals surface area contributed by atoms with Gasteiger partial charge in [-0.05, 0) is 18.4 Å². The lowest BCUT2D eigenvalue weighted by Crippen LogP contribution is -2.31. The summed E-state index contributed by atoms with van der Waals surface area (Å²) in [6.45, 7) is 1.40. The van der Waals surface area contributed by atoms with Gasteiger partial charge in [0.05, 0.1) is 0 Å². The second-order valence-corrected chi connectivity index (χ2v) is 6.41. The van der Waals surface area contributed by atoms with Crippen molar-refractivity contribution in [2.75, 3.05) is 19.0 Å². The van der Waals surface area contributed by atoms with E-state index in [1.165, 1.54) is 42.8 Å². The van der Waals surface area contributed by atoms with Crippen molar-refractivity contribution in [1.82, 2.24) is 9.36 Å². The molecule has 5 heteroatoms. The van der Waals surface area contributed by atoms with Gasteiger partial charge in [-0.3, -0.25) is 0 Å². The Morgan fingerprint density at radius 2 is 2.00 bits per heavy atom. The molecule has 2 aromatic rings. The van der Waals surface area contributed by atoms with E-state index in [4.69, 9.17) is 4.74 Å². The van der Waals surface area contributed by atoms with E-state index in [1.807, 2.05) is 0 Å². The molecule has 0 amide bonds. The summed E-state index contributed by atoms with van der Waals surface area (Å²) < 4.78 is 9.35. The van der Waals surface area contributed by atoms with Gasteiger partial charge in [0.15, 0.2) is 5.82 Å². The SMILES string of the molecule is COCc1nsc(NCC2(c3ccccc3)CCCC2)n1. The lowest BCUT2D eigenvalue weighted by Gasteiger charge is -2.29. The van der Waals surface area contributed by atoms with Crippen LogP contribution in [0.5, 0.6) is 0 Å². The van der Waals surface area contributed by atoms with Gasteiger partial charge < -0.3 is 10.1 Å². The second kappa shape index (κ2) is 6.54. The van der Waals surface area contributed by atoms with Crippen molar-refractivity contribution in [1.29, 1.82) is 0 Å². The quantitative estimate of drug-likeness (QED) is 0.885. The molecule has 112 valence electrons. The Morgan fingerprint density at radius 1 is 1.24 bits per heavy atom. The largest absolute Gasteiger partial charge is 0.377 e. The summed E-state index contributed by atoms with van der Waals surface area (Å²) in [6, 6.07) is 10.9.